The number of nitriles is 1. The van der Waals surface area contributed by atoms with Gasteiger partial charge in [-0.05, 0) is 48.1 Å². The number of nitrogens with zero attached hydrogens (tertiary/aromatic N) is 1. The number of hydrogen-bond donors (Lipinski definition) is 1. The molecule has 0 saturated heterocycles. The molecule has 0 bridgehead atoms. The summed E-state index contributed by atoms with van der Waals surface area (Å²) in [6, 6.07) is 20.6. The first kappa shape index (κ1) is 21.4. The smallest absolute Gasteiger partial charge is 0.266 e. The Morgan fingerprint density at radius 3 is 2.70 bits per heavy atom. The number of rotatable bonds is 7. The molecule has 0 atom stereocenters. The van der Waals surface area contributed by atoms with Gasteiger partial charge in [-0.25, -0.2) is 0 Å². The highest BCUT2D eigenvalue weighted by molar-refractivity contribution is 6.30. The predicted molar refractivity (Wildman–Crippen MR) is 123 cm³/mol. The van der Waals surface area contributed by atoms with Crippen molar-refractivity contribution in [3.05, 3.63) is 76.8 Å². The fraction of sp³-hybridized carbons (Fsp3) is 0.200. The Balaban J connectivity index is 1.87. The highest BCUT2D eigenvalue weighted by Gasteiger charge is 2.13. The van der Waals surface area contributed by atoms with Gasteiger partial charge in [0.15, 0.2) is 0 Å². The van der Waals surface area contributed by atoms with Crippen molar-refractivity contribution in [2.75, 3.05) is 11.9 Å². The van der Waals surface area contributed by atoms with Gasteiger partial charge in [-0.1, -0.05) is 61.8 Å². The lowest BCUT2D eigenvalue weighted by molar-refractivity contribution is -0.112. The van der Waals surface area contributed by atoms with E-state index in [1.54, 1.807) is 18.2 Å². The molecule has 0 unspecified atom stereocenters. The van der Waals surface area contributed by atoms with Crippen molar-refractivity contribution < 1.29 is 9.53 Å². The molecule has 0 aromatic heterocycles. The van der Waals surface area contributed by atoms with Gasteiger partial charge in [-0.15, -0.1) is 0 Å². The molecule has 30 heavy (non-hydrogen) atoms. The van der Waals surface area contributed by atoms with Gasteiger partial charge in [-0.3, -0.25) is 4.79 Å². The lowest BCUT2D eigenvalue weighted by Crippen LogP contribution is -2.13. The fourth-order valence-corrected chi connectivity index (χ4v) is 3.18. The van der Waals surface area contributed by atoms with Crippen LogP contribution in [0.15, 0.2) is 66.2 Å². The molecule has 0 fully saturated rings. The zero-order valence-electron chi connectivity index (χ0n) is 17.0. The molecule has 4 nitrogen and oxygen atoms in total. The fourth-order valence-electron chi connectivity index (χ4n) is 3.00. The molecular weight excluding hydrogens is 396 g/mol. The molecule has 3 aromatic carbocycles. The number of nitrogens with one attached hydrogen (secondary N) is 1. The van der Waals surface area contributed by atoms with Gasteiger partial charge in [0.1, 0.15) is 17.4 Å². The summed E-state index contributed by atoms with van der Waals surface area (Å²) in [6.45, 7) is 4.79. The third-order valence-corrected chi connectivity index (χ3v) is 4.86. The molecule has 0 aliphatic heterocycles. The van der Waals surface area contributed by atoms with Crippen LogP contribution in [0.25, 0.3) is 16.8 Å². The molecule has 0 radical (unpaired) electrons. The van der Waals surface area contributed by atoms with Crippen LogP contribution in [0.4, 0.5) is 5.69 Å². The summed E-state index contributed by atoms with van der Waals surface area (Å²) < 4.78 is 5.86. The normalized spacial score (nSPS) is 11.4. The molecule has 5 heteroatoms. The number of benzene rings is 3. The second-order valence-electron chi connectivity index (χ2n) is 7.36. The minimum absolute atomic E-state index is 0.0288. The number of fused-ring (bicyclic) bond motifs is 1. The number of carbonyl (C=O) groups excluding carboxylic acids is 1. The minimum atomic E-state index is -0.484. The molecule has 0 heterocycles. The molecule has 0 spiro atoms. The summed E-state index contributed by atoms with van der Waals surface area (Å²) in [5.74, 6) is 0.616. The van der Waals surface area contributed by atoms with E-state index in [0.29, 0.717) is 34.5 Å². The summed E-state index contributed by atoms with van der Waals surface area (Å²) in [5.41, 5.74) is 1.22. The van der Waals surface area contributed by atoms with E-state index >= 15 is 0 Å². The first-order valence-corrected chi connectivity index (χ1v) is 10.2. The second kappa shape index (κ2) is 9.96. The Kier molecular flexibility index (Phi) is 7.11. The van der Waals surface area contributed by atoms with Crippen LogP contribution in [-0.4, -0.2) is 12.5 Å². The largest absolute Gasteiger partial charge is 0.493 e. The lowest BCUT2D eigenvalue weighted by Gasteiger charge is -2.12. The van der Waals surface area contributed by atoms with Gasteiger partial charge >= 0.3 is 0 Å². The van der Waals surface area contributed by atoms with E-state index in [1.165, 1.54) is 6.08 Å². The number of anilines is 1. The molecule has 152 valence electrons. The maximum Gasteiger partial charge on any atom is 0.266 e. The third kappa shape index (κ3) is 5.40. The minimum Gasteiger partial charge on any atom is -0.493 e. The number of hydrogen-bond acceptors (Lipinski definition) is 3. The van der Waals surface area contributed by atoms with Crippen LogP contribution in [0.2, 0.25) is 5.02 Å². The number of carbonyl (C=O) groups is 1. The summed E-state index contributed by atoms with van der Waals surface area (Å²) in [7, 11) is 0. The summed E-state index contributed by atoms with van der Waals surface area (Å²) in [4.78, 5) is 12.8. The van der Waals surface area contributed by atoms with Crippen LogP contribution in [0.3, 0.4) is 0 Å². The van der Waals surface area contributed by atoms with Crippen molar-refractivity contribution in [1.29, 1.82) is 5.26 Å². The van der Waals surface area contributed by atoms with Crippen molar-refractivity contribution in [3.8, 4) is 11.8 Å². The van der Waals surface area contributed by atoms with Gasteiger partial charge in [0.25, 0.3) is 5.91 Å². The first-order valence-electron chi connectivity index (χ1n) is 9.81. The maximum absolute atomic E-state index is 12.8. The quantitative estimate of drug-likeness (QED) is 0.353. The van der Waals surface area contributed by atoms with Gasteiger partial charge in [0.05, 0.1) is 6.61 Å². The van der Waals surface area contributed by atoms with E-state index < -0.39 is 5.91 Å². The Bertz CT molecular complexity index is 1120. The van der Waals surface area contributed by atoms with Crippen molar-refractivity contribution in [2.45, 2.75) is 20.3 Å². The zero-order valence-corrected chi connectivity index (χ0v) is 17.7. The maximum atomic E-state index is 12.8. The molecule has 0 aliphatic carbocycles. The monoisotopic (exact) mass is 418 g/mol. The second-order valence-corrected chi connectivity index (χ2v) is 7.80. The van der Waals surface area contributed by atoms with Crippen molar-refractivity contribution in [1.82, 2.24) is 0 Å². The van der Waals surface area contributed by atoms with Crippen LogP contribution in [0.1, 0.15) is 25.8 Å². The van der Waals surface area contributed by atoms with Gasteiger partial charge < -0.3 is 10.1 Å². The van der Waals surface area contributed by atoms with Crippen LogP contribution < -0.4 is 10.1 Å². The van der Waals surface area contributed by atoms with Crippen molar-refractivity contribution in [2.24, 2.45) is 5.92 Å². The Morgan fingerprint density at radius 2 is 1.93 bits per heavy atom. The van der Waals surface area contributed by atoms with Crippen molar-refractivity contribution in [3.63, 3.8) is 0 Å². The standard InChI is InChI=1S/C25H23ClN2O2/c1-17(2)12-13-30-24-11-10-21(26)15-19(24)14-20(16-27)25(29)28-23-9-5-7-18-6-3-4-8-22(18)23/h3-11,14-15,17H,12-13H2,1-2H3,(H,28,29). The van der Waals surface area contributed by atoms with E-state index in [2.05, 4.69) is 19.2 Å². The Morgan fingerprint density at radius 1 is 1.17 bits per heavy atom. The van der Waals surface area contributed by atoms with Gasteiger partial charge in [-0.2, -0.15) is 5.26 Å². The van der Waals surface area contributed by atoms with Gasteiger partial charge in [0.2, 0.25) is 0 Å². The predicted octanol–water partition coefficient (Wildman–Crippen LogP) is 6.46. The summed E-state index contributed by atoms with van der Waals surface area (Å²) >= 11 is 6.13. The van der Waals surface area contributed by atoms with E-state index in [4.69, 9.17) is 16.3 Å². The molecule has 0 aliphatic rings. The van der Waals surface area contributed by atoms with E-state index in [0.717, 1.165) is 17.2 Å². The molecule has 3 aromatic rings. The summed E-state index contributed by atoms with van der Waals surface area (Å²) in [5, 5.41) is 14.9. The molecule has 1 N–H and O–H groups in total. The average Bonchev–Trinajstić information content (AvgIpc) is 2.73. The molecule has 1 amide bonds. The zero-order chi connectivity index (χ0) is 21.5. The average molecular weight is 419 g/mol. The molecule has 0 saturated carbocycles. The van der Waals surface area contributed by atoms with Crippen LogP contribution >= 0.6 is 11.6 Å². The van der Waals surface area contributed by atoms with E-state index in [1.807, 2.05) is 48.5 Å². The van der Waals surface area contributed by atoms with Crippen molar-refractivity contribution >= 4 is 40.0 Å². The van der Waals surface area contributed by atoms with E-state index in [9.17, 15) is 10.1 Å². The SMILES string of the molecule is CC(C)CCOc1ccc(Cl)cc1C=C(C#N)C(=O)Nc1cccc2ccccc12. The number of amides is 1. The van der Waals surface area contributed by atoms with E-state index in [-0.39, 0.29) is 5.57 Å². The number of ether oxygens (including phenoxy) is 1. The Labute approximate surface area is 181 Å². The third-order valence-electron chi connectivity index (χ3n) is 4.63. The topological polar surface area (TPSA) is 62.1 Å². The highest BCUT2D eigenvalue weighted by atomic mass is 35.5. The first-order chi connectivity index (χ1) is 14.5. The van der Waals surface area contributed by atoms with Gasteiger partial charge in [0, 0.05) is 21.7 Å². The molecule has 3 rings (SSSR count). The Hall–Kier alpha value is -3.29. The lowest BCUT2D eigenvalue weighted by atomic mass is 10.1. The highest BCUT2D eigenvalue weighted by Crippen LogP contribution is 2.27. The van der Waals surface area contributed by atoms with Crippen LogP contribution in [0.5, 0.6) is 5.75 Å². The number of halogens is 1. The van der Waals surface area contributed by atoms with Crippen LogP contribution in [-0.2, 0) is 4.79 Å². The van der Waals surface area contributed by atoms with Crippen LogP contribution in [0, 0.1) is 17.2 Å². The summed E-state index contributed by atoms with van der Waals surface area (Å²) in [6.07, 6.45) is 2.41. The molecular formula is C25H23ClN2O2.